The lowest BCUT2D eigenvalue weighted by molar-refractivity contribution is -0.124. The summed E-state index contributed by atoms with van der Waals surface area (Å²) in [6.45, 7) is 9.47. The largest absolute Gasteiger partial charge is 0.371 e. The fourth-order valence-electron chi connectivity index (χ4n) is 4.36. The summed E-state index contributed by atoms with van der Waals surface area (Å²) < 4.78 is 0. The SMILES string of the molecule is Cc1cccc(N2CCC(N3CCN[C@@H](C(=O)NC4CC4)C3)CC2)c1C. The van der Waals surface area contributed by atoms with Gasteiger partial charge in [0, 0.05) is 50.5 Å². The van der Waals surface area contributed by atoms with Gasteiger partial charge in [-0.05, 0) is 56.7 Å². The number of anilines is 1. The number of hydrogen-bond acceptors (Lipinski definition) is 4. The highest BCUT2D eigenvalue weighted by Crippen LogP contribution is 2.27. The molecule has 3 aliphatic rings. The molecule has 4 rings (SSSR count). The number of rotatable bonds is 4. The van der Waals surface area contributed by atoms with Gasteiger partial charge in [0.05, 0.1) is 6.04 Å². The molecule has 2 N–H and O–H groups in total. The number of hydrogen-bond donors (Lipinski definition) is 2. The second kappa shape index (κ2) is 7.57. The average molecular weight is 357 g/mol. The summed E-state index contributed by atoms with van der Waals surface area (Å²) in [4.78, 5) is 17.5. The fourth-order valence-corrected chi connectivity index (χ4v) is 4.36. The van der Waals surface area contributed by atoms with Crippen LogP contribution >= 0.6 is 0 Å². The van der Waals surface area contributed by atoms with E-state index >= 15 is 0 Å². The van der Waals surface area contributed by atoms with Crippen LogP contribution < -0.4 is 15.5 Å². The van der Waals surface area contributed by atoms with Crippen LogP contribution in [0.4, 0.5) is 5.69 Å². The number of nitrogens with one attached hydrogen (secondary N) is 2. The van der Waals surface area contributed by atoms with Gasteiger partial charge in [-0.15, -0.1) is 0 Å². The van der Waals surface area contributed by atoms with Crippen molar-refractivity contribution in [3.63, 3.8) is 0 Å². The zero-order valence-corrected chi connectivity index (χ0v) is 16.1. The van der Waals surface area contributed by atoms with E-state index in [-0.39, 0.29) is 11.9 Å². The van der Waals surface area contributed by atoms with E-state index in [0.717, 1.165) is 45.6 Å². The predicted octanol–water partition coefficient (Wildman–Crippen LogP) is 1.82. The highest BCUT2D eigenvalue weighted by molar-refractivity contribution is 5.82. The van der Waals surface area contributed by atoms with E-state index in [1.807, 2.05) is 0 Å². The van der Waals surface area contributed by atoms with Gasteiger partial charge in [0.1, 0.15) is 0 Å². The molecular formula is C21H32N4O. The Morgan fingerprint density at radius 2 is 1.88 bits per heavy atom. The van der Waals surface area contributed by atoms with Crippen molar-refractivity contribution >= 4 is 11.6 Å². The molecule has 1 saturated carbocycles. The summed E-state index contributed by atoms with van der Waals surface area (Å²) in [5.41, 5.74) is 4.17. The summed E-state index contributed by atoms with van der Waals surface area (Å²) >= 11 is 0. The normalized spacial score (nSPS) is 25.3. The number of benzene rings is 1. The van der Waals surface area contributed by atoms with Crippen LogP contribution in [0.2, 0.25) is 0 Å². The molecule has 2 heterocycles. The molecule has 2 saturated heterocycles. The van der Waals surface area contributed by atoms with Crippen LogP contribution in [0.5, 0.6) is 0 Å². The van der Waals surface area contributed by atoms with Gasteiger partial charge in [0.15, 0.2) is 0 Å². The lowest BCUT2D eigenvalue weighted by Crippen LogP contribution is -2.60. The van der Waals surface area contributed by atoms with Crippen molar-refractivity contribution in [2.45, 2.75) is 57.7 Å². The Morgan fingerprint density at radius 1 is 1.12 bits per heavy atom. The lowest BCUT2D eigenvalue weighted by Gasteiger charge is -2.43. The minimum Gasteiger partial charge on any atom is -0.371 e. The molecule has 3 fully saturated rings. The Kier molecular flexibility index (Phi) is 5.18. The van der Waals surface area contributed by atoms with E-state index in [1.54, 1.807) is 0 Å². The van der Waals surface area contributed by atoms with E-state index in [2.05, 4.69) is 52.5 Å². The van der Waals surface area contributed by atoms with Gasteiger partial charge in [-0.25, -0.2) is 0 Å². The third-order valence-electron chi connectivity index (χ3n) is 6.34. The van der Waals surface area contributed by atoms with Crippen LogP contribution in [0.1, 0.15) is 36.8 Å². The van der Waals surface area contributed by atoms with E-state index in [0.29, 0.717) is 12.1 Å². The number of carbonyl (C=O) groups excluding carboxylic acids is 1. The van der Waals surface area contributed by atoms with Gasteiger partial charge in [0.2, 0.25) is 5.91 Å². The molecule has 0 bridgehead atoms. The van der Waals surface area contributed by atoms with E-state index in [1.165, 1.54) is 29.7 Å². The van der Waals surface area contributed by atoms with Crippen LogP contribution in [0.15, 0.2) is 18.2 Å². The number of carbonyl (C=O) groups is 1. The maximum absolute atomic E-state index is 12.4. The van der Waals surface area contributed by atoms with Gasteiger partial charge in [0.25, 0.3) is 0 Å². The predicted molar refractivity (Wildman–Crippen MR) is 106 cm³/mol. The Morgan fingerprint density at radius 3 is 2.62 bits per heavy atom. The van der Waals surface area contributed by atoms with Crippen LogP contribution in [0.25, 0.3) is 0 Å². The zero-order valence-electron chi connectivity index (χ0n) is 16.1. The first-order valence-electron chi connectivity index (χ1n) is 10.2. The zero-order chi connectivity index (χ0) is 18.1. The number of aryl methyl sites for hydroxylation is 1. The molecule has 1 aromatic rings. The molecule has 0 unspecified atom stereocenters. The van der Waals surface area contributed by atoms with Crippen LogP contribution in [0.3, 0.4) is 0 Å². The highest BCUT2D eigenvalue weighted by Gasteiger charge is 2.33. The minimum atomic E-state index is -0.0404. The summed E-state index contributed by atoms with van der Waals surface area (Å²) in [5.74, 6) is 0.199. The third-order valence-corrected chi connectivity index (χ3v) is 6.34. The van der Waals surface area contributed by atoms with Crippen molar-refractivity contribution < 1.29 is 4.79 Å². The molecule has 142 valence electrons. The van der Waals surface area contributed by atoms with Crippen molar-refractivity contribution in [2.75, 3.05) is 37.6 Å². The third kappa shape index (κ3) is 3.89. The van der Waals surface area contributed by atoms with Crippen LogP contribution in [-0.4, -0.2) is 61.7 Å². The Hall–Kier alpha value is -1.59. The van der Waals surface area contributed by atoms with Crippen LogP contribution in [0, 0.1) is 13.8 Å². The minimum absolute atomic E-state index is 0.0404. The van der Waals surface area contributed by atoms with E-state index in [9.17, 15) is 4.79 Å². The Balaban J connectivity index is 1.32. The number of nitrogens with zero attached hydrogens (tertiary/aromatic N) is 2. The molecule has 5 nitrogen and oxygen atoms in total. The maximum Gasteiger partial charge on any atom is 0.238 e. The Labute approximate surface area is 157 Å². The highest BCUT2D eigenvalue weighted by atomic mass is 16.2. The second-order valence-corrected chi connectivity index (χ2v) is 8.22. The summed E-state index contributed by atoms with van der Waals surface area (Å²) in [7, 11) is 0. The lowest BCUT2D eigenvalue weighted by atomic mass is 9.99. The van der Waals surface area contributed by atoms with Gasteiger partial charge in [-0.3, -0.25) is 9.69 Å². The van der Waals surface area contributed by atoms with Gasteiger partial charge in [-0.1, -0.05) is 12.1 Å². The molecule has 26 heavy (non-hydrogen) atoms. The molecule has 0 spiro atoms. The molecular weight excluding hydrogens is 324 g/mol. The van der Waals surface area contributed by atoms with Crippen molar-refractivity contribution in [1.29, 1.82) is 0 Å². The summed E-state index contributed by atoms with van der Waals surface area (Å²) in [5, 5.41) is 6.56. The van der Waals surface area contributed by atoms with Crippen molar-refractivity contribution in [2.24, 2.45) is 0 Å². The van der Waals surface area contributed by atoms with Gasteiger partial charge >= 0.3 is 0 Å². The first-order chi connectivity index (χ1) is 12.6. The topological polar surface area (TPSA) is 47.6 Å². The van der Waals surface area contributed by atoms with Crippen LogP contribution in [-0.2, 0) is 4.79 Å². The van der Waals surface area contributed by atoms with Crippen molar-refractivity contribution in [3.05, 3.63) is 29.3 Å². The number of piperazine rings is 1. The quantitative estimate of drug-likeness (QED) is 0.864. The number of piperidine rings is 1. The van der Waals surface area contributed by atoms with E-state index in [4.69, 9.17) is 0 Å². The molecule has 1 aromatic carbocycles. The molecule has 1 atom stereocenters. The standard InChI is InChI=1S/C21H32N4O/c1-15-4-3-5-20(16(15)2)24-11-8-18(9-12-24)25-13-10-22-19(14-25)21(26)23-17-6-7-17/h3-5,17-19,22H,6-14H2,1-2H3,(H,23,26)/t19-/m1/s1. The molecule has 0 radical (unpaired) electrons. The van der Waals surface area contributed by atoms with Crippen molar-refractivity contribution in [3.8, 4) is 0 Å². The van der Waals surface area contributed by atoms with Gasteiger partial charge in [-0.2, -0.15) is 0 Å². The van der Waals surface area contributed by atoms with E-state index < -0.39 is 0 Å². The first-order valence-corrected chi connectivity index (χ1v) is 10.2. The molecule has 0 aromatic heterocycles. The average Bonchev–Trinajstić information content (AvgIpc) is 3.48. The van der Waals surface area contributed by atoms with Crippen molar-refractivity contribution in [1.82, 2.24) is 15.5 Å². The first kappa shape index (κ1) is 17.8. The second-order valence-electron chi connectivity index (χ2n) is 8.22. The molecule has 2 aliphatic heterocycles. The molecule has 1 aliphatic carbocycles. The molecule has 1 amide bonds. The maximum atomic E-state index is 12.4. The number of amides is 1. The fraction of sp³-hybridized carbons (Fsp3) is 0.667. The van der Waals surface area contributed by atoms with Gasteiger partial charge < -0.3 is 15.5 Å². The smallest absolute Gasteiger partial charge is 0.238 e. The molecule has 5 heteroatoms. The summed E-state index contributed by atoms with van der Waals surface area (Å²) in [6, 6.07) is 7.63. The monoisotopic (exact) mass is 356 g/mol. The Bertz CT molecular complexity index is 649. The summed E-state index contributed by atoms with van der Waals surface area (Å²) in [6.07, 6.45) is 4.67.